The van der Waals surface area contributed by atoms with Crippen LogP contribution < -0.4 is 25.3 Å². The van der Waals surface area contributed by atoms with Crippen molar-refractivity contribution in [2.75, 3.05) is 46.1 Å². The predicted octanol–water partition coefficient (Wildman–Crippen LogP) is 1.00. The number of carbonyl (C=O) groups is 1. The Kier molecular flexibility index (Phi) is 6.75. The standard InChI is InChI=1S/C17H25N3O4.ClH/c1-17(10-18)4-6-20(11-17)9-16(21)19-5-7-22-13-2-3-14-15(8-13)24-12-23-14;/h2-3,8H,4-7,9-12,18H2,1H3,(H,19,21);1H. The molecule has 1 saturated heterocycles. The maximum absolute atomic E-state index is 12.0. The van der Waals surface area contributed by atoms with Gasteiger partial charge in [-0.25, -0.2) is 0 Å². The Bertz CT molecular complexity index is 601. The number of rotatable bonds is 7. The van der Waals surface area contributed by atoms with Gasteiger partial charge in [-0.15, -0.1) is 12.4 Å². The van der Waals surface area contributed by atoms with E-state index in [-0.39, 0.29) is 30.5 Å². The van der Waals surface area contributed by atoms with E-state index in [0.717, 1.165) is 25.3 Å². The second-order valence-corrected chi connectivity index (χ2v) is 6.69. The molecule has 0 radical (unpaired) electrons. The van der Waals surface area contributed by atoms with Gasteiger partial charge in [-0.2, -0.15) is 0 Å². The number of halogens is 1. The van der Waals surface area contributed by atoms with E-state index in [0.29, 0.717) is 37.7 Å². The highest BCUT2D eigenvalue weighted by molar-refractivity contribution is 5.85. The van der Waals surface area contributed by atoms with Gasteiger partial charge in [0, 0.05) is 12.6 Å². The lowest BCUT2D eigenvalue weighted by atomic mass is 9.90. The normalized spacial score (nSPS) is 21.7. The number of fused-ring (bicyclic) bond motifs is 1. The average molecular weight is 372 g/mol. The number of benzene rings is 1. The number of ether oxygens (including phenoxy) is 3. The van der Waals surface area contributed by atoms with E-state index in [9.17, 15) is 4.79 Å². The van der Waals surface area contributed by atoms with Crippen LogP contribution in [0, 0.1) is 5.41 Å². The van der Waals surface area contributed by atoms with Crippen molar-refractivity contribution in [3.05, 3.63) is 18.2 Å². The molecule has 7 nitrogen and oxygen atoms in total. The van der Waals surface area contributed by atoms with E-state index in [1.165, 1.54) is 0 Å². The van der Waals surface area contributed by atoms with Crippen molar-refractivity contribution in [3.8, 4) is 17.2 Å². The van der Waals surface area contributed by atoms with Gasteiger partial charge in [-0.3, -0.25) is 9.69 Å². The van der Waals surface area contributed by atoms with Crippen molar-refractivity contribution in [2.45, 2.75) is 13.3 Å². The molecular formula is C17H26ClN3O4. The van der Waals surface area contributed by atoms with E-state index in [1.807, 2.05) is 12.1 Å². The summed E-state index contributed by atoms with van der Waals surface area (Å²) in [5.74, 6) is 2.14. The minimum atomic E-state index is 0. The molecule has 8 heteroatoms. The molecule has 25 heavy (non-hydrogen) atoms. The van der Waals surface area contributed by atoms with Crippen LogP contribution in [0.1, 0.15) is 13.3 Å². The summed E-state index contributed by atoms with van der Waals surface area (Å²) >= 11 is 0. The highest BCUT2D eigenvalue weighted by Crippen LogP contribution is 2.35. The molecule has 140 valence electrons. The summed E-state index contributed by atoms with van der Waals surface area (Å²) < 4.78 is 16.2. The van der Waals surface area contributed by atoms with Crippen molar-refractivity contribution < 1.29 is 19.0 Å². The third-order valence-electron chi connectivity index (χ3n) is 4.53. The molecule has 1 aromatic rings. The van der Waals surface area contributed by atoms with Crippen LogP contribution in [0.15, 0.2) is 18.2 Å². The molecule has 0 aromatic heterocycles. The lowest BCUT2D eigenvalue weighted by Crippen LogP contribution is -2.39. The van der Waals surface area contributed by atoms with E-state index in [4.69, 9.17) is 19.9 Å². The molecule has 0 spiro atoms. The minimum Gasteiger partial charge on any atom is -0.492 e. The molecule has 3 rings (SSSR count). The van der Waals surface area contributed by atoms with Crippen molar-refractivity contribution in [1.29, 1.82) is 0 Å². The van der Waals surface area contributed by atoms with Gasteiger partial charge in [0.05, 0.1) is 13.1 Å². The third kappa shape index (κ3) is 5.14. The van der Waals surface area contributed by atoms with Crippen molar-refractivity contribution in [1.82, 2.24) is 10.2 Å². The van der Waals surface area contributed by atoms with Crippen molar-refractivity contribution in [2.24, 2.45) is 11.1 Å². The average Bonchev–Trinajstić information content (AvgIpc) is 3.18. The lowest BCUT2D eigenvalue weighted by molar-refractivity contribution is -0.122. The van der Waals surface area contributed by atoms with Crippen LogP contribution in [0.2, 0.25) is 0 Å². The Hall–Kier alpha value is -1.70. The Morgan fingerprint density at radius 1 is 1.40 bits per heavy atom. The molecule has 0 bridgehead atoms. The monoisotopic (exact) mass is 371 g/mol. The van der Waals surface area contributed by atoms with Gasteiger partial charge in [0.1, 0.15) is 12.4 Å². The van der Waals surface area contributed by atoms with Crippen molar-refractivity contribution >= 4 is 18.3 Å². The quantitative estimate of drug-likeness (QED) is 0.695. The first kappa shape index (κ1) is 19.6. The third-order valence-corrected chi connectivity index (χ3v) is 4.53. The molecule has 3 N–H and O–H groups in total. The van der Waals surface area contributed by atoms with E-state index >= 15 is 0 Å². The summed E-state index contributed by atoms with van der Waals surface area (Å²) in [5.41, 5.74) is 5.93. The van der Waals surface area contributed by atoms with Gasteiger partial charge in [-0.05, 0) is 37.1 Å². The molecule has 0 saturated carbocycles. The van der Waals surface area contributed by atoms with Gasteiger partial charge in [0.15, 0.2) is 11.5 Å². The molecule has 0 aliphatic carbocycles. The first-order valence-electron chi connectivity index (χ1n) is 8.30. The van der Waals surface area contributed by atoms with Gasteiger partial charge in [0.25, 0.3) is 0 Å². The first-order chi connectivity index (χ1) is 11.6. The Balaban J connectivity index is 0.00000225. The van der Waals surface area contributed by atoms with Crippen LogP contribution in [-0.2, 0) is 4.79 Å². The number of amides is 1. The zero-order valence-corrected chi connectivity index (χ0v) is 15.3. The fraction of sp³-hybridized carbons (Fsp3) is 0.588. The SMILES string of the molecule is CC1(CN)CCN(CC(=O)NCCOc2ccc3c(c2)OCO3)C1.Cl. The molecule has 1 amide bonds. The second-order valence-electron chi connectivity index (χ2n) is 6.69. The summed E-state index contributed by atoms with van der Waals surface area (Å²) in [6, 6.07) is 5.44. The van der Waals surface area contributed by atoms with E-state index in [1.54, 1.807) is 6.07 Å². The number of nitrogens with two attached hydrogens (primary N) is 1. The summed E-state index contributed by atoms with van der Waals surface area (Å²) in [7, 11) is 0. The molecule has 1 atom stereocenters. The summed E-state index contributed by atoms with van der Waals surface area (Å²) in [4.78, 5) is 14.1. The number of nitrogens with zero attached hydrogens (tertiary/aromatic N) is 1. The van der Waals surface area contributed by atoms with Crippen molar-refractivity contribution in [3.63, 3.8) is 0 Å². The largest absolute Gasteiger partial charge is 0.492 e. The molecule has 1 aromatic carbocycles. The Morgan fingerprint density at radius 2 is 2.20 bits per heavy atom. The van der Waals surface area contributed by atoms with Crippen LogP contribution in [-0.4, -0.2) is 56.9 Å². The molecule has 2 aliphatic heterocycles. The van der Waals surface area contributed by atoms with Gasteiger partial charge >= 0.3 is 0 Å². The zero-order chi connectivity index (χ0) is 17.0. The smallest absolute Gasteiger partial charge is 0.234 e. The summed E-state index contributed by atoms with van der Waals surface area (Å²) in [6.45, 7) is 6.17. The second kappa shape index (κ2) is 8.60. The number of carbonyl (C=O) groups excluding carboxylic acids is 1. The molecule has 2 aliphatic rings. The van der Waals surface area contributed by atoms with Crippen LogP contribution >= 0.6 is 12.4 Å². The van der Waals surface area contributed by atoms with Crippen LogP contribution in [0.25, 0.3) is 0 Å². The number of likely N-dealkylation sites (tertiary alicyclic amines) is 1. The van der Waals surface area contributed by atoms with E-state index in [2.05, 4.69) is 17.1 Å². The maximum Gasteiger partial charge on any atom is 0.234 e. The first-order valence-corrected chi connectivity index (χ1v) is 8.30. The van der Waals surface area contributed by atoms with Gasteiger partial charge < -0.3 is 25.3 Å². The highest BCUT2D eigenvalue weighted by atomic mass is 35.5. The zero-order valence-electron chi connectivity index (χ0n) is 14.5. The fourth-order valence-corrected chi connectivity index (χ4v) is 3.01. The molecule has 1 unspecified atom stereocenters. The summed E-state index contributed by atoms with van der Waals surface area (Å²) in [5, 5.41) is 2.88. The van der Waals surface area contributed by atoms with Crippen LogP contribution in [0.5, 0.6) is 17.2 Å². The Morgan fingerprint density at radius 3 is 2.96 bits per heavy atom. The predicted molar refractivity (Wildman–Crippen MR) is 96.5 cm³/mol. The Labute approximate surface area is 154 Å². The number of hydrogen-bond donors (Lipinski definition) is 2. The molecule has 1 fully saturated rings. The number of nitrogens with one attached hydrogen (secondary N) is 1. The van der Waals surface area contributed by atoms with Gasteiger partial charge in [0.2, 0.25) is 12.7 Å². The summed E-state index contributed by atoms with van der Waals surface area (Å²) in [6.07, 6.45) is 1.05. The fourth-order valence-electron chi connectivity index (χ4n) is 3.01. The van der Waals surface area contributed by atoms with Gasteiger partial charge in [-0.1, -0.05) is 6.92 Å². The highest BCUT2D eigenvalue weighted by Gasteiger charge is 2.32. The van der Waals surface area contributed by atoms with Crippen LogP contribution in [0.3, 0.4) is 0 Å². The minimum absolute atomic E-state index is 0. The van der Waals surface area contributed by atoms with E-state index < -0.39 is 0 Å². The molecule has 2 heterocycles. The topological polar surface area (TPSA) is 86.1 Å². The maximum atomic E-state index is 12.0. The number of hydrogen-bond acceptors (Lipinski definition) is 6. The lowest BCUT2D eigenvalue weighted by Gasteiger charge is -2.22. The molecular weight excluding hydrogens is 346 g/mol. The van der Waals surface area contributed by atoms with Crippen LogP contribution in [0.4, 0.5) is 0 Å².